The molecule has 94 valence electrons. The van der Waals surface area contributed by atoms with Crippen molar-refractivity contribution in [2.45, 2.75) is 0 Å². The smallest absolute Gasteiger partial charge is 0.232 e. The zero-order valence-corrected chi connectivity index (χ0v) is 9.79. The Morgan fingerprint density at radius 1 is 1.33 bits per heavy atom. The van der Waals surface area contributed by atoms with Crippen LogP contribution in [0, 0.1) is 11.8 Å². The predicted octanol–water partition coefficient (Wildman–Crippen LogP) is -0.806. The highest BCUT2D eigenvalue weighted by Crippen LogP contribution is 2.30. The maximum Gasteiger partial charge on any atom is 0.232 e. The maximum atomic E-state index is 11.5. The van der Waals surface area contributed by atoms with Crippen LogP contribution in [-0.4, -0.2) is 42.0 Å². The molecule has 2 unspecified atom stereocenters. The molecule has 2 saturated heterocycles. The molecule has 0 aliphatic carbocycles. The Kier molecular flexibility index (Phi) is 2.39. The molecule has 0 bridgehead atoms. The Morgan fingerprint density at radius 2 is 2.00 bits per heavy atom. The lowest BCUT2D eigenvalue weighted by atomic mass is 10.00. The van der Waals surface area contributed by atoms with Crippen LogP contribution in [0.1, 0.15) is 0 Å². The van der Waals surface area contributed by atoms with E-state index in [4.69, 9.17) is 4.74 Å². The summed E-state index contributed by atoms with van der Waals surface area (Å²) in [5, 5.41) is 2.34. The number of hydrogen-bond acceptors (Lipinski definition) is 6. The maximum absolute atomic E-state index is 11.5. The number of fused-ring (bicyclic) bond motifs is 1. The lowest BCUT2D eigenvalue weighted by molar-refractivity contribution is -0.126. The molecule has 0 saturated carbocycles. The van der Waals surface area contributed by atoms with Crippen molar-refractivity contribution in [1.82, 2.24) is 15.3 Å². The molecule has 18 heavy (non-hydrogen) atoms. The first-order valence-electron chi connectivity index (χ1n) is 5.65. The Labute approximate surface area is 103 Å². The molecule has 7 heteroatoms. The van der Waals surface area contributed by atoms with Crippen LogP contribution in [-0.2, 0) is 9.59 Å². The van der Waals surface area contributed by atoms with Crippen LogP contribution in [0.4, 0.5) is 5.95 Å². The number of hydrogen-bond donors (Lipinski definition) is 1. The molecular weight excluding hydrogens is 236 g/mol. The number of imide groups is 1. The zero-order valence-electron chi connectivity index (χ0n) is 9.79. The summed E-state index contributed by atoms with van der Waals surface area (Å²) in [5.41, 5.74) is 0. The van der Waals surface area contributed by atoms with Gasteiger partial charge in [0.25, 0.3) is 0 Å². The largest absolute Gasteiger partial charge is 0.481 e. The first kappa shape index (κ1) is 10.9. The van der Waals surface area contributed by atoms with Crippen LogP contribution < -0.4 is 15.0 Å². The lowest BCUT2D eigenvalue weighted by Crippen LogP contribution is -2.32. The number of nitrogens with zero attached hydrogens (tertiary/aromatic N) is 3. The Bertz CT molecular complexity index is 497. The molecule has 2 amide bonds. The number of anilines is 1. The minimum atomic E-state index is -0.285. The molecule has 2 aliphatic rings. The molecule has 1 aromatic rings. The topological polar surface area (TPSA) is 84.4 Å². The summed E-state index contributed by atoms with van der Waals surface area (Å²) < 4.78 is 5.03. The number of amides is 2. The van der Waals surface area contributed by atoms with Crippen LogP contribution in [0.15, 0.2) is 12.3 Å². The number of carbonyl (C=O) groups excluding carboxylic acids is 2. The summed E-state index contributed by atoms with van der Waals surface area (Å²) in [7, 11) is 1.53. The van der Waals surface area contributed by atoms with E-state index in [2.05, 4.69) is 15.3 Å². The summed E-state index contributed by atoms with van der Waals surface area (Å²) in [6.45, 7) is 0.935. The summed E-state index contributed by atoms with van der Waals surface area (Å²) in [5.74, 6) is -0.0115. The second-order valence-corrected chi connectivity index (χ2v) is 4.37. The van der Waals surface area contributed by atoms with E-state index in [-0.39, 0.29) is 23.7 Å². The van der Waals surface area contributed by atoms with Gasteiger partial charge < -0.3 is 9.64 Å². The standard InChI is InChI=1S/C11H12N4O3/c1-18-8-2-3-12-11(13-8)15-4-6-7(5-15)10(17)14-9(6)16/h2-3,6-7H,4-5H2,1H3,(H,14,16,17). The van der Waals surface area contributed by atoms with Gasteiger partial charge in [-0.05, 0) is 0 Å². The van der Waals surface area contributed by atoms with Crippen LogP contribution in [0.5, 0.6) is 5.88 Å². The Hall–Kier alpha value is -2.18. The highest BCUT2D eigenvalue weighted by Gasteiger charge is 2.48. The third-order valence-corrected chi connectivity index (χ3v) is 3.35. The van der Waals surface area contributed by atoms with Crippen LogP contribution >= 0.6 is 0 Å². The molecule has 3 heterocycles. The summed E-state index contributed by atoms with van der Waals surface area (Å²) >= 11 is 0. The van der Waals surface area contributed by atoms with E-state index in [1.807, 2.05) is 4.90 Å². The van der Waals surface area contributed by atoms with E-state index in [0.717, 1.165) is 0 Å². The summed E-state index contributed by atoms with van der Waals surface area (Å²) in [6.07, 6.45) is 1.59. The van der Waals surface area contributed by atoms with Crippen molar-refractivity contribution < 1.29 is 14.3 Å². The van der Waals surface area contributed by atoms with Crippen molar-refractivity contribution in [3.63, 3.8) is 0 Å². The zero-order chi connectivity index (χ0) is 12.7. The highest BCUT2D eigenvalue weighted by atomic mass is 16.5. The van der Waals surface area contributed by atoms with Gasteiger partial charge in [0.2, 0.25) is 23.6 Å². The molecule has 2 aliphatic heterocycles. The van der Waals surface area contributed by atoms with Crippen molar-refractivity contribution in [2.75, 3.05) is 25.1 Å². The molecule has 0 radical (unpaired) electrons. The van der Waals surface area contributed by atoms with Crippen LogP contribution in [0.3, 0.4) is 0 Å². The predicted molar refractivity (Wildman–Crippen MR) is 60.9 cm³/mol. The summed E-state index contributed by atoms with van der Waals surface area (Å²) in [6, 6.07) is 1.65. The van der Waals surface area contributed by atoms with Crippen LogP contribution in [0.2, 0.25) is 0 Å². The number of aromatic nitrogens is 2. The van der Waals surface area contributed by atoms with Crippen molar-refractivity contribution in [3.05, 3.63) is 12.3 Å². The van der Waals surface area contributed by atoms with E-state index in [9.17, 15) is 9.59 Å². The van der Waals surface area contributed by atoms with Gasteiger partial charge in [0.15, 0.2) is 0 Å². The molecule has 2 atom stereocenters. The van der Waals surface area contributed by atoms with E-state index < -0.39 is 0 Å². The monoisotopic (exact) mass is 248 g/mol. The minimum absolute atomic E-state index is 0.199. The molecule has 0 aromatic carbocycles. The second-order valence-electron chi connectivity index (χ2n) is 4.37. The third-order valence-electron chi connectivity index (χ3n) is 3.35. The van der Waals surface area contributed by atoms with Crippen molar-refractivity contribution >= 4 is 17.8 Å². The number of ether oxygens (including phenoxy) is 1. The number of rotatable bonds is 2. The summed E-state index contributed by atoms with van der Waals surface area (Å²) in [4.78, 5) is 33.3. The van der Waals surface area contributed by atoms with Crippen molar-refractivity contribution in [1.29, 1.82) is 0 Å². The SMILES string of the molecule is COc1ccnc(N2CC3C(=O)NC(=O)C3C2)n1. The molecule has 0 spiro atoms. The van der Waals surface area contributed by atoms with Crippen LogP contribution in [0.25, 0.3) is 0 Å². The van der Waals surface area contributed by atoms with Gasteiger partial charge in [0.1, 0.15) is 0 Å². The Balaban J connectivity index is 1.83. The average Bonchev–Trinajstić information content (AvgIpc) is 2.93. The fraction of sp³-hybridized carbons (Fsp3) is 0.455. The van der Waals surface area contributed by atoms with Crippen molar-refractivity contribution in [2.24, 2.45) is 11.8 Å². The lowest BCUT2D eigenvalue weighted by Gasteiger charge is -2.16. The molecule has 3 rings (SSSR count). The first-order valence-corrected chi connectivity index (χ1v) is 5.65. The highest BCUT2D eigenvalue weighted by molar-refractivity contribution is 6.06. The minimum Gasteiger partial charge on any atom is -0.481 e. The van der Waals surface area contributed by atoms with Gasteiger partial charge in [-0.2, -0.15) is 4.98 Å². The van der Waals surface area contributed by atoms with Gasteiger partial charge in [0, 0.05) is 25.4 Å². The number of carbonyl (C=O) groups is 2. The molecule has 1 aromatic heterocycles. The molecular formula is C11H12N4O3. The van der Waals surface area contributed by atoms with Gasteiger partial charge in [0.05, 0.1) is 18.9 Å². The van der Waals surface area contributed by atoms with E-state index in [1.54, 1.807) is 12.3 Å². The third kappa shape index (κ3) is 1.59. The number of nitrogens with one attached hydrogen (secondary N) is 1. The van der Waals surface area contributed by atoms with Crippen molar-refractivity contribution in [3.8, 4) is 5.88 Å². The molecule has 2 fully saturated rings. The molecule has 7 nitrogen and oxygen atoms in total. The fourth-order valence-corrected chi connectivity index (χ4v) is 2.40. The van der Waals surface area contributed by atoms with E-state index in [0.29, 0.717) is 24.9 Å². The quantitative estimate of drug-likeness (QED) is 0.689. The normalized spacial score (nSPS) is 26.2. The fourth-order valence-electron chi connectivity index (χ4n) is 2.40. The van der Waals surface area contributed by atoms with Gasteiger partial charge in [-0.1, -0.05) is 0 Å². The first-order chi connectivity index (χ1) is 8.69. The van der Waals surface area contributed by atoms with Gasteiger partial charge in [-0.25, -0.2) is 4.98 Å². The molecule has 1 N–H and O–H groups in total. The Morgan fingerprint density at radius 3 is 2.61 bits per heavy atom. The van der Waals surface area contributed by atoms with Gasteiger partial charge in [-0.3, -0.25) is 14.9 Å². The average molecular weight is 248 g/mol. The number of methoxy groups -OCH3 is 1. The second kappa shape index (κ2) is 3.94. The van der Waals surface area contributed by atoms with Gasteiger partial charge in [-0.15, -0.1) is 0 Å². The van der Waals surface area contributed by atoms with Gasteiger partial charge >= 0.3 is 0 Å². The van der Waals surface area contributed by atoms with E-state index >= 15 is 0 Å². The van der Waals surface area contributed by atoms with E-state index in [1.165, 1.54) is 7.11 Å².